The van der Waals surface area contributed by atoms with E-state index in [9.17, 15) is 4.79 Å². The summed E-state index contributed by atoms with van der Waals surface area (Å²) in [6.07, 6.45) is 3.45. The summed E-state index contributed by atoms with van der Waals surface area (Å²) in [5.41, 5.74) is 3.56. The number of rotatable bonds is 6. The number of aromatic nitrogens is 2. The highest BCUT2D eigenvalue weighted by molar-refractivity contribution is 8.02. The van der Waals surface area contributed by atoms with Crippen LogP contribution in [0.2, 0.25) is 0 Å². The Bertz CT molecular complexity index is 684. The molecule has 0 amide bonds. The van der Waals surface area contributed by atoms with Gasteiger partial charge in [0.2, 0.25) is 5.13 Å². The van der Waals surface area contributed by atoms with E-state index in [1.54, 1.807) is 0 Å². The minimum absolute atomic E-state index is 0.151. The van der Waals surface area contributed by atoms with Gasteiger partial charge in [-0.25, -0.2) is 0 Å². The SMILES string of the molecule is CCNc1nnc(S[C@H](C)C(=O)c2ccc3c(c2)CCC3)s1. The van der Waals surface area contributed by atoms with E-state index in [0.29, 0.717) is 0 Å². The lowest BCUT2D eigenvalue weighted by atomic mass is 10.0. The number of Topliss-reactive ketones (excluding diaryl/α,β-unsaturated/α-hetero) is 1. The van der Waals surface area contributed by atoms with Gasteiger partial charge in [-0.15, -0.1) is 10.2 Å². The highest BCUT2D eigenvalue weighted by Gasteiger charge is 2.20. The molecular formula is C16H19N3OS2. The lowest BCUT2D eigenvalue weighted by molar-refractivity contribution is 0.0994. The molecule has 1 heterocycles. The number of aryl methyl sites for hydroxylation is 2. The molecule has 6 heteroatoms. The molecule has 0 saturated heterocycles. The molecule has 0 radical (unpaired) electrons. The van der Waals surface area contributed by atoms with Crippen molar-refractivity contribution in [1.29, 1.82) is 0 Å². The normalized spacial score (nSPS) is 14.6. The van der Waals surface area contributed by atoms with Crippen LogP contribution in [0.25, 0.3) is 0 Å². The maximum atomic E-state index is 12.6. The number of carbonyl (C=O) groups is 1. The van der Waals surface area contributed by atoms with Crippen molar-refractivity contribution in [1.82, 2.24) is 10.2 Å². The molecule has 1 aromatic carbocycles. The highest BCUT2D eigenvalue weighted by Crippen LogP contribution is 2.31. The molecule has 0 saturated carbocycles. The second-order valence-electron chi connectivity index (χ2n) is 5.36. The Hall–Kier alpha value is -1.40. The molecule has 116 valence electrons. The number of nitrogens with zero attached hydrogens (tertiary/aromatic N) is 2. The van der Waals surface area contributed by atoms with Gasteiger partial charge in [0.1, 0.15) is 0 Å². The maximum absolute atomic E-state index is 12.6. The first-order valence-electron chi connectivity index (χ1n) is 7.57. The topological polar surface area (TPSA) is 54.9 Å². The van der Waals surface area contributed by atoms with Crippen LogP contribution >= 0.6 is 23.1 Å². The molecule has 0 spiro atoms. The second kappa shape index (κ2) is 6.79. The van der Waals surface area contributed by atoms with Crippen molar-refractivity contribution >= 4 is 34.0 Å². The quantitative estimate of drug-likeness (QED) is 0.643. The first-order chi connectivity index (χ1) is 10.7. The molecular weight excluding hydrogens is 314 g/mol. The average molecular weight is 333 g/mol. The highest BCUT2D eigenvalue weighted by atomic mass is 32.2. The van der Waals surface area contributed by atoms with E-state index >= 15 is 0 Å². The fourth-order valence-electron chi connectivity index (χ4n) is 2.64. The molecule has 1 aliphatic carbocycles. The zero-order valence-corrected chi connectivity index (χ0v) is 14.4. The standard InChI is InChI=1S/C16H19N3OS2/c1-3-17-15-18-19-16(22-15)21-10(2)14(20)13-8-7-11-5-4-6-12(11)9-13/h7-10H,3-6H2,1-2H3,(H,17,18)/t10-/m1/s1. The first kappa shape index (κ1) is 15.5. The van der Waals surface area contributed by atoms with Crippen LogP contribution in [0.1, 0.15) is 41.8 Å². The summed E-state index contributed by atoms with van der Waals surface area (Å²) in [4.78, 5) is 12.6. The van der Waals surface area contributed by atoms with E-state index < -0.39 is 0 Å². The lowest BCUT2D eigenvalue weighted by Crippen LogP contribution is -2.13. The summed E-state index contributed by atoms with van der Waals surface area (Å²) < 4.78 is 0.831. The smallest absolute Gasteiger partial charge is 0.206 e. The van der Waals surface area contributed by atoms with Gasteiger partial charge in [-0.2, -0.15) is 0 Å². The van der Waals surface area contributed by atoms with Gasteiger partial charge in [0, 0.05) is 12.1 Å². The van der Waals surface area contributed by atoms with Crippen LogP contribution in [0, 0.1) is 0 Å². The third kappa shape index (κ3) is 3.33. The van der Waals surface area contributed by atoms with Gasteiger partial charge in [-0.1, -0.05) is 35.2 Å². The number of anilines is 1. The van der Waals surface area contributed by atoms with Crippen LogP contribution in [-0.2, 0) is 12.8 Å². The Morgan fingerprint density at radius 2 is 2.18 bits per heavy atom. The number of ketones is 1. The van der Waals surface area contributed by atoms with Crippen LogP contribution < -0.4 is 5.32 Å². The summed E-state index contributed by atoms with van der Waals surface area (Å²) in [6, 6.07) is 6.15. The Kier molecular flexibility index (Phi) is 4.78. The minimum Gasteiger partial charge on any atom is -0.360 e. The van der Waals surface area contributed by atoms with Gasteiger partial charge in [-0.3, -0.25) is 4.79 Å². The predicted molar refractivity (Wildman–Crippen MR) is 92.2 cm³/mol. The fraction of sp³-hybridized carbons (Fsp3) is 0.438. The van der Waals surface area contributed by atoms with Crippen LogP contribution in [0.5, 0.6) is 0 Å². The van der Waals surface area contributed by atoms with Gasteiger partial charge in [0.05, 0.1) is 5.25 Å². The van der Waals surface area contributed by atoms with Crippen molar-refractivity contribution in [3.63, 3.8) is 0 Å². The summed E-state index contributed by atoms with van der Waals surface area (Å²) in [5.74, 6) is 0.167. The third-order valence-electron chi connectivity index (χ3n) is 3.76. The van der Waals surface area contributed by atoms with Crippen molar-refractivity contribution < 1.29 is 4.79 Å². The van der Waals surface area contributed by atoms with Gasteiger partial charge in [-0.05, 0) is 50.3 Å². The van der Waals surface area contributed by atoms with E-state index in [0.717, 1.165) is 34.4 Å². The van der Waals surface area contributed by atoms with E-state index in [-0.39, 0.29) is 11.0 Å². The molecule has 0 unspecified atom stereocenters. The lowest BCUT2D eigenvalue weighted by Gasteiger charge is -2.09. The molecule has 3 rings (SSSR count). The average Bonchev–Trinajstić information content (AvgIpc) is 3.15. The van der Waals surface area contributed by atoms with Crippen LogP contribution in [0.4, 0.5) is 5.13 Å². The maximum Gasteiger partial charge on any atom is 0.206 e. The monoisotopic (exact) mass is 333 g/mol. The van der Waals surface area contributed by atoms with E-state index in [1.807, 2.05) is 19.9 Å². The molecule has 1 aliphatic rings. The Labute approximate surface area is 138 Å². The molecule has 4 nitrogen and oxygen atoms in total. The van der Waals surface area contributed by atoms with Crippen LogP contribution in [-0.4, -0.2) is 27.8 Å². The molecule has 0 bridgehead atoms. The molecule has 2 aromatic rings. The Balaban J connectivity index is 1.68. The van der Waals surface area contributed by atoms with Crippen molar-refractivity contribution in [2.45, 2.75) is 42.7 Å². The molecule has 0 aliphatic heterocycles. The van der Waals surface area contributed by atoms with Crippen molar-refractivity contribution in [2.24, 2.45) is 0 Å². The molecule has 0 fully saturated rings. The van der Waals surface area contributed by atoms with Crippen molar-refractivity contribution in [3.05, 3.63) is 34.9 Å². The predicted octanol–water partition coefficient (Wildman–Crippen LogP) is 3.82. The molecule has 1 aromatic heterocycles. The zero-order valence-electron chi connectivity index (χ0n) is 12.8. The summed E-state index contributed by atoms with van der Waals surface area (Å²) in [5, 5.41) is 12.0. The van der Waals surface area contributed by atoms with Crippen LogP contribution in [0.15, 0.2) is 22.5 Å². The fourth-order valence-corrected chi connectivity index (χ4v) is 4.69. The van der Waals surface area contributed by atoms with Gasteiger partial charge < -0.3 is 5.32 Å². The van der Waals surface area contributed by atoms with Gasteiger partial charge >= 0.3 is 0 Å². The number of nitrogens with one attached hydrogen (secondary N) is 1. The third-order valence-corrected chi connectivity index (χ3v) is 5.83. The van der Waals surface area contributed by atoms with Gasteiger partial charge in [0.25, 0.3) is 0 Å². The van der Waals surface area contributed by atoms with Crippen molar-refractivity contribution in [3.8, 4) is 0 Å². The van der Waals surface area contributed by atoms with E-state index in [1.165, 1.54) is 40.6 Å². The number of fused-ring (bicyclic) bond motifs is 1. The zero-order chi connectivity index (χ0) is 15.5. The van der Waals surface area contributed by atoms with Gasteiger partial charge in [0.15, 0.2) is 10.1 Å². The molecule has 1 atom stereocenters. The number of thioether (sulfide) groups is 1. The number of benzene rings is 1. The number of carbonyl (C=O) groups excluding carboxylic acids is 1. The van der Waals surface area contributed by atoms with E-state index in [2.05, 4.69) is 27.6 Å². The number of hydrogen-bond acceptors (Lipinski definition) is 6. The Morgan fingerprint density at radius 1 is 1.36 bits per heavy atom. The van der Waals surface area contributed by atoms with Crippen LogP contribution in [0.3, 0.4) is 0 Å². The first-order valence-corrected chi connectivity index (χ1v) is 9.27. The molecule has 1 N–H and O–H groups in total. The van der Waals surface area contributed by atoms with Crippen molar-refractivity contribution in [2.75, 3.05) is 11.9 Å². The largest absolute Gasteiger partial charge is 0.360 e. The summed E-state index contributed by atoms with van der Waals surface area (Å²) in [6.45, 7) is 4.78. The number of hydrogen-bond donors (Lipinski definition) is 1. The Morgan fingerprint density at radius 3 is 3.00 bits per heavy atom. The summed E-state index contributed by atoms with van der Waals surface area (Å²) >= 11 is 2.98. The second-order valence-corrected chi connectivity index (χ2v) is 7.93. The van der Waals surface area contributed by atoms with E-state index in [4.69, 9.17) is 0 Å². The molecule has 22 heavy (non-hydrogen) atoms. The minimum atomic E-state index is -0.151. The summed E-state index contributed by atoms with van der Waals surface area (Å²) in [7, 11) is 0.